The maximum Gasteiger partial charge on any atom is 0.272 e. The summed E-state index contributed by atoms with van der Waals surface area (Å²) < 4.78 is 0. The number of amides is 1. The largest absolute Gasteiger partial charge is 0.349 e. The number of likely N-dealkylation sites (tertiary alicyclic amines) is 2. The molecule has 6 nitrogen and oxygen atoms in total. The highest BCUT2D eigenvalue weighted by Gasteiger charge is 2.33. The molecule has 1 atom stereocenters. The number of hydrogen-bond acceptors (Lipinski definition) is 4. The monoisotopic (exact) mass is 495 g/mol. The van der Waals surface area contributed by atoms with Gasteiger partial charge in [0.2, 0.25) is 6.17 Å². The summed E-state index contributed by atoms with van der Waals surface area (Å²) in [7, 11) is 1.78. The highest BCUT2D eigenvalue weighted by atomic mass is 35.5. The Morgan fingerprint density at radius 1 is 1.06 bits per heavy atom. The van der Waals surface area contributed by atoms with Crippen LogP contribution in [0.25, 0.3) is 0 Å². The third-order valence-electron chi connectivity index (χ3n) is 7.11. The van der Waals surface area contributed by atoms with E-state index in [0.717, 1.165) is 48.5 Å². The van der Waals surface area contributed by atoms with Gasteiger partial charge in [0, 0.05) is 42.3 Å². The number of likely N-dealkylation sites (N-methyl/N-ethyl adjacent to an activating group) is 1. The molecule has 1 N–H and O–H groups in total. The fourth-order valence-electron chi connectivity index (χ4n) is 5.22. The molecule has 1 amide bonds. The van der Waals surface area contributed by atoms with Gasteiger partial charge in [-0.1, -0.05) is 41.9 Å². The van der Waals surface area contributed by atoms with Gasteiger partial charge in [0.1, 0.15) is 0 Å². The molecule has 0 radical (unpaired) electrons. The van der Waals surface area contributed by atoms with Crippen LogP contribution < -0.4 is 10.2 Å². The number of benzene rings is 2. The molecule has 178 valence electrons. The lowest BCUT2D eigenvalue weighted by Gasteiger charge is -2.38. The molecular formula is C26H30ClN5OS. The van der Waals surface area contributed by atoms with E-state index in [2.05, 4.69) is 15.1 Å². The van der Waals surface area contributed by atoms with E-state index in [4.69, 9.17) is 28.8 Å². The number of thiocarbonyl (C=S) groups is 1. The van der Waals surface area contributed by atoms with Crippen molar-refractivity contribution in [3.8, 4) is 0 Å². The van der Waals surface area contributed by atoms with Crippen LogP contribution in [-0.2, 0) is 4.79 Å². The number of fused-ring (bicyclic) bond motifs is 1. The summed E-state index contributed by atoms with van der Waals surface area (Å²) in [5.74, 6) is -0.149. The number of carbonyl (C=O) groups is 1. The molecule has 2 aromatic rings. The van der Waals surface area contributed by atoms with Crippen molar-refractivity contribution in [2.75, 3.05) is 38.1 Å². The zero-order chi connectivity index (χ0) is 23.7. The minimum Gasteiger partial charge on any atom is -0.349 e. The zero-order valence-corrected chi connectivity index (χ0v) is 21.0. The first kappa shape index (κ1) is 23.3. The summed E-state index contributed by atoms with van der Waals surface area (Å²) in [5.41, 5.74) is 3.26. The summed E-state index contributed by atoms with van der Waals surface area (Å²) in [4.78, 5) is 24.8. The molecule has 0 spiro atoms. The Labute approximate surface area is 211 Å². The van der Waals surface area contributed by atoms with Crippen LogP contribution in [0.4, 0.5) is 5.69 Å². The van der Waals surface area contributed by atoms with E-state index in [1.54, 1.807) is 18.0 Å². The lowest BCUT2D eigenvalue weighted by molar-refractivity contribution is -0.119. The van der Waals surface area contributed by atoms with Gasteiger partial charge < -0.3 is 20.0 Å². The van der Waals surface area contributed by atoms with Crippen LogP contribution in [0, 0.1) is 0 Å². The number of hydrogen-bond donors (Lipinski definition) is 1. The van der Waals surface area contributed by atoms with Gasteiger partial charge in [-0.05, 0) is 69.2 Å². The minimum atomic E-state index is -0.810. The van der Waals surface area contributed by atoms with E-state index in [1.807, 2.05) is 42.5 Å². The Balaban J connectivity index is 1.38. The third kappa shape index (κ3) is 4.69. The molecule has 0 saturated carbocycles. The van der Waals surface area contributed by atoms with E-state index in [0.29, 0.717) is 16.2 Å². The summed E-state index contributed by atoms with van der Waals surface area (Å²) in [6.45, 7) is 4.24. The molecule has 3 heterocycles. The number of piperidine rings is 1. The standard InChI is InChI=1S/C26H30ClN5OS/c1-30-22-10-9-19(27)17-21(22)23(18-7-3-2-4-8-18)28-24(25(30)33)29-26(34)32-15-11-20(12-16-32)31-13-5-6-14-31/h2-4,7-10,17,20,24H,5-6,11-16H2,1H3,(H,29,34). The van der Waals surface area contributed by atoms with Crippen molar-refractivity contribution in [1.29, 1.82) is 0 Å². The Morgan fingerprint density at radius 3 is 2.47 bits per heavy atom. The minimum absolute atomic E-state index is 0.149. The van der Waals surface area contributed by atoms with Gasteiger partial charge in [-0.3, -0.25) is 4.79 Å². The van der Waals surface area contributed by atoms with Crippen LogP contribution >= 0.6 is 23.8 Å². The zero-order valence-electron chi connectivity index (χ0n) is 19.4. The van der Waals surface area contributed by atoms with Crippen molar-refractivity contribution in [3.63, 3.8) is 0 Å². The number of carbonyl (C=O) groups excluding carboxylic acids is 1. The van der Waals surface area contributed by atoms with Gasteiger partial charge in [-0.25, -0.2) is 4.99 Å². The quantitative estimate of drug-likeness (QED) is 0.654. The van der Waals surface area contributed by atoms with Crippen molar-refractivity contribution >= 4 is 46.2 Å². The van der Waals surface area contributed by atoms with Crippen LogP contribution in [0.2, 0.25) is 5.02 Å². The predicted molar refractivity (Wildman–Crippen MR) is 142 cm³/mol. The highest BCUT2D eigenvalue weighted by Crippen LogP contribution is 2.30. The lowest BCUT2D eigenvalue weighted by atomic mass is 10.0. The average molecular weight is 496 g/mol. The molecule has 8 heteroatoms. The van der Waals surface area contributed by atoms with Crippen LogP contribution in [0.1, 0.15) is 36.8 Å². The van der Waals surface area contributed by atoms with E-state index in [1.165, 1.54) is 25.9 Å². The Kier molecular flexibility index (Phi) is 6.86. The molecule has 0 aromatic heterocycles. The summed E-state index contributed by atoms with van der Waals surface area (Å²) in [6, 6.07) is 16.1. The van der Waals surface area contributed by atoms with Crippen LogP contribution in [0.3, 0.4) is 0 Å². The second-order valence-corrected chi connectivity index (χ2v) is 10.0. The summed E-state index contributed by atoms with van der Waals surface area (Å²) in [6.07, 6.45) is 4.01. The van der Waals surface area contributed by atoms with Crippen molar-refractivity contribution in [2.45, 2.75) is 37.9 Å². The van der Waals surface area contributed by atoms with E-state index in [-0.39, 0.29) is 5.91 Å². The molecule has 3 aliphatic rings. The van der Waals surface area contributed by atoms with Crippen LogP contribution in [0.15, 0.2) is 53.5 Å². The van der Waals surface area contributed by atoms with Crippen molar-refractivity contribution < 1.29 is 4.79 Å². The maximum atomic E-state index is 13.5. The average Bonchev–Trinajstić information content (AvgIpc) is 3.38. The first-order chi connectivity index (χ1) is 16.5. The number of rotatable bonds is 3. The van der Waals surface area contributed by atoms with Crippen LogP contribution in [0.5, 0.6) is 0 Å². The fraction of sp³-hybridized carbons (Fsp3) is 0.423. The SMILES string of the molecule is CN1C(=O)C(NC(=S)N2CCC(N3CCCC3)CC2)N=C(c2ccccc2)c2cc(Cl)ccc21. The number of anilines is 1. The van der Waals surface area contributed by atoms with Gasteiger partial charge in [-0.2, -0.15) is 0 Å². The third-order valence-corrected chi connectivity index (χ3v) is 7.73. The van der Waals surface area contributed by atoms with E-state index in [9.17, 15) is 4.79 Å². The lowest BCUT2D eigenvalue weighted by Crippen LogP contribution is -2.53. The second kappa shape index (κ2) is 10.0. The van der Waals surface area contributed by atoms with Gasteiger partial charge in [0.15, 0.2) is 5.11 Å². The number of benzodiazepines with no additional fused rings is 1. The maximum absolute atomic E-state index is 13.5. The molecule has 1 unspecified atom stereocenters. The van der Waals surface area contributed by atoms with Gasteiger partial charge >= 0.3 is 0 Å². The molecule has 0 aliphatic carbocycles. The van der Waals surface area contributed by atoms with Crippen LogP contribution in [-0.4, -0.2) is 72.0 Å². The first-order valence-corrected chi connectivity index (χ1v) is 12.8. The molecule has 0 bridgehead atoms. The fourth-order valence-corrected chi connectivity index (χ4v) is 5.68. The summed E-state index contributed by atoms with van der Waals surface area (Å²) in [5, 5.41) is 4.47. The number of nitrogens with zero attached hydrogens (tertiary/aromatic N) is 4. The van der Waals surface area contributed by atoms with Crippen molar-refractivity contribution in [3.05, 3.63) is 64.7 Å². The van der Waals surface area contributed by atoms with Gasteiger partial charge in [0.25, 0.3) is 5.91 Å². The normalized spacial score (nSPS) is 21.8. The number of nitrogens with one attached hydrogen (secondary N) is 1. The summed E-state index contributed by atoms with van der Waals surface area (Å²) >= 11 is 12.1. The number of aliphatic imine (C=N–C) groups is 1. The van der Waals surface area contributed by atoms with Crippen molar-refractivity contribution in [1.82, 2.24) is 15.1 Å². The van der Waals surface area contributed by atoms with E-state index < -0.39 is 6.17 Å². The molecule has 3 aliphatic heterocycles. The molecule has 2 saturated heterocycles. The van der Waals surface area contributed by atoms with Crippen molar-refractivity contribution in [2.24, 2.45) is 4.99 Å². The van der Waals surface area contributed by atoms with Gasteiger partial charge in [-0.15, -0.1) is 0 Å². The Bertz CT molecular complexity index is 1090. The molecule has 2 fully saturated rings. The molecular weight excluding hydrogens is 466 g/mol. The number of halogens is 1. The molecule has 2 aromatic carbocycles. The Morgan fingerprint density at radius 2 is 1.76 bits per heavy atom. The smallest absolute Gasteiger partial charge is 0.272 e. The molecule has 34 heavy (non-hydrogen) atoms. The highest BCUT2D eigenvalue weighted by molar-refractivity contribution is 7.80. The van der Waals surface area contributed by atoms with E-state index >= 15 is 0 Å². The second-order valence-electron chi connectivity index (χ2n) is 9.22. The first-order valence-electron chi connectivity index (χ1n) is 12.0. The topological polar surface area (TPSA) is 51.2 Å². The molecule has 5 rings (SSSR count). The van der Waals surface area contributed by atoms with Gasteiger partial charge in [0.05, 0.1) is 11.4 Å². The Hall–Kier alpha value is -2.48. The predicted octanol–water partition coefficient (Wildman–Crippen LogP) is 3.91.